The number of benzene rings is 1. The Kier molecular flexibility index (Phi) is 3.15. The largest absolute Gasteiger partial charge is 0.463 e. The van der Waals surface area contributed by atoms with Crippen LogP contribution in [-0.2, 0) is 0 Å². The van der Waals surface area contributed by atoms with Gasteiger partial charge in [-0.15, -0.1) is 0 Å². The van der Waals surface area contributed by atoms with Crippen LogP contribution in [0.5, 0.6) is 0 Å². The van der Waals surface area contributed by atoms with Crippen molar-refractivity contribution in [2.75, 3.05) is 6.54 Å². The van der Waals surface area contributed by atoms with Gasteiger partial charge >= 0.3 is 0 Å². The number of furan rings is 1. The number of carbonyl (C=O) groups excluding carboxylic acids is 1. The zero-order chi connectivity index (χ0) is 14.9. The Bertz CT molecular complexity index is 820. The van der Waals surface area contributed by atoms with Gasteiger partial charge < -0.3 is 9.73 Å². The standard InChI is InChI=1S/C18H16N2O2/c21-18(19-11-12-7-8-12)14-10-16(17-6-3-9-22-17)20-15-5-2-1-4-13(14)15/h1-6,9-10,12H,7-8,11H2,(H,19,21). The summed E-state index contributed by atoms with van der Waals surface area (Å²) in [7, 11) is 0. The van der Waals surface area contributed by atoms with Crippen molar-refractivity contribution in [3.63, 3.8) is 0 Å². The lowest BCUT2D eigenvalue weighted by molar-refractivity contribution is 0.0953. The highest BCUT2D eigenvalue weighted by molar-refractivity contribution is 6.07. The molecule has 4 rings (SSSR count). The Balaban J connectivity index is 1.78. The van der Waals surface area contributed by atoms with E-state index in [0.29, 0.717) is 22.9 Å². The first-order valence-corrected chi connectivity index (χ1v) is 7.53. The van der Waals surface area contributed by atoms with Gasteiger partial charge in [-0.2, -0.15) is 0 Å². The Hall–Kier alpha value is -2.62. The molecule has 3 aromatic rings. The highest BCUT2D eigenvalue weighted by Gasteiger charge is 2.22. The maximum Gasteiger partial charge on any atom is 0.252 e. The quantitative estimate of drug-likeness (QED) is 0.798. The number of hydrogen-bond acceptors (Lipinski definition) is 3. The van der Waals surface area contributed by atoms with Gasteiger partial charge in [0.05, 0.1) is 17.3 Å². The molecule has 1 aliphatic rings. The summed E-state index contributed by atoms with van der Waals surface area (Å²) in [6.45, 7) is 0.756. The van der Waals surface area contributed by atoms with Gasteiger partial charge in [0, 0.05) is 11.9 Å². The zero-order valence-electron chi connectivity index (χ0n) is 12.1. The van der Waals surface area contributed by atoms with Crippen molar-refractivity contribution in [1.82, 2.24) is 10.3 Å². The summed E-state index contributed by atoms with van der Waals surface area (Å²) in [5.74, 6) is 1.28. The van der Waals surface area contributed by atoms with E-state index in [0.717, 1.165) is 17.4 Å². The van der Waals surface area contributed by atoms with E-state index >= 15 is 0 Å². The van der Waals surface area contributed by atoms with Crippen molar-refractivity contribution in [1.29, 1.82) is 0 Å². The van der Waals surface area contributed by atoms with Crippen LogP contribution in [0.1, 0.15) is 23.2 Å². The van der Waals surface area contributed by atoms with E-state index < -0.39 is 0 Å². The number of aromatic nitrogens is 1. The van der Waals surface area contributed by atoms with Gasteiger partial charge in [0.25, 0.3) is 5.91 Å². The third-order valence-corrected chi connectivity index (χ3v) is 3.98. The van der Waals surface area contributed by atoms with Crippen LogP contribution in [0.25, 0.3) is 22.4 Å². The number of carbonyl (C=O) groups is 1. The van der Waals surface area contributed by atoms with Crippen molar-refractivity contribution in [2.24, 2.45) is 5.92 Å². The summed E-state index contributed by atoms with van der Waals surface area (Å²) in [6.07, 6.45) is 4.04. The molecule has 1 saturated carbocycles. The number of pyridine rings is 1. The average Bonchev–Trinajstić information content (AvgIpc) is 3.22. The fraction of sp³-hybridized carbons (Fsp3) is 0.222. The number of rotatable bonds is 4. The normalized spacial score (nSPS) is 14.2. The molecule has 0 aliphatic heterocycles. The molecule has 0 saturated heterocycles. The molecule has 110 valence electrons. The summed E-state index contributed by atoms with van der Waals surface area (Å²) in [4.78, 5) is 17.1. The van der Waals surface area contributed by atoms with E-state index in [2.05, 4.69) is 10.3 Å². The molecule has 4 heteroatoms. The molecule has 4 nitrogen and oxygen atoms in total. The number of para-hydroxylation sites is 1. The second-order valence-corrected chi connectivity index (χ2v) is 5.70. The second-order valence-electron chi connectivity index (χ2n) is 5.70. The number of nitrogens with one attached hydrogen (secondary N) is 1. The SMILES string of the molecule is O=C(NCC1CC1)c1cc(-c2ccco2)nc2ccccc12. The molecule has 2 heterocycles. The molecule has 0 spiro atoms. The molecule has 1 aliphatic carbocycles. The van der Waals surface area contributed by atoms with Gasteiger partial charge in [0.2, 0.25) is 0 Å². The average molecular weight is 292 g/mol. The summed E-state index contributed by atoms with van der Waals surface area (Å²) in [5.41, 5.74) is 2.13. The van der Waals surface area contributed by atoms with Crippen molar-refractivity contribution in [3.8, 4) is 11.5 Å². The molecule has 1 fully saturated rings. The molecular weight excluding hydrogens is 276 g/mol. The molecule has 1 N–H and O–H groups in total. The number of fused-ring (bicyclic) bond motifs is 1. The maximum absolute atomic E-state index is 12.5. The Morgan fingerprint density at radius 3 is 2.86 bits per heavy atom. The van der Waals surface area contributed by atoms with E-state index in [9.17, 15) is 4.79 Å². The number of amides is 1. The zero-order valence-corrected chi connectivity index (χ0v) is 12.1. The van der Waals surface area contributed by atoms with Gasteiger partial charge in [-0.1, -0.05) is 18.2 Å². The summed E-state index contributed by atoms with van der Waals surface area (Å²) in [5, 5.41) is 3.89. The second kappa shape index (κ2) is 5.30. The van der Waals surface area contributed by atoms with Gasteiger partial charge in [0.1, 0.15) is 5.69 Å². The van der Waals surface area contributed by atoms with Gasteiger partial charge in [-0.25, -0.2) is 4.98 Å². The molecule has 0 atom stereocenters. The van der Waals surface area contributed by atoms with Crippen molar-refractivity contribution < 1.29 is 9.21 Å². The summed E-state index contributed by atoms with van der Waals surface area (Å²) >= 11 is 0. The highest BCUT2D eigenvalue weighted by atomic mass is 16.3. The van der Waals surface area contributed by atoms with Crippen molar-refractivity contribution >= 4 is 16.8 Å². The first kappa shape index (κ1) is 13.1. The van der Waals surface area contributed by atoms with E-state index in [1.807, 2.05) is 42.5 Å². The lowest BCUT2D eigenvalue weighted by Gasteiger charge is -2.09. The monoisotopic (exact) mass is 292 g/mol. The number of nitrogens with zero attached hydrogens (tertiary/aromatic N) is 1. The maximum atomic E-state index is 12.5. The van der Waals surface area contributed by atoms with Crippen LogP contribution in [0.4, 0.5) is 0 Å². The minimum absolute atomic E-state index is 0.0432. The Labute approximate surface area is 128 Å². The van der Waals surface area contributed by atoms with Gasteiger partial charge in [0.15, 0.2) is 5.76 Å². The number of hydrogen-bond donors (Lipinski definition) is 1. The van der Waals surface area contributed by atoms with E-state index in [4.69, 9.17) is 4.42 Å². The topological polar surface area (TPSA) is 55.1 Å². The van der Waals surface area contributed by atoms with Gasteiger partial charge in [-0.05, 0) is 43.0 Å². The first-order valence-electron chi connectivity index (χ1n) is 7.53. The van der Waals surface area contributed by atoms with Crippen molar-refractivity contribution in [2.45, 2.75) is 12.8 Å². The first-order chi connectivity index (χ1) is 10.8. The van der Waals surface area contributed by atoms with E-state index in [-0.39, 0.29) is 5.91 Å². The van der Waals surface area contributed by atoms with E-state index in [1.165, 1.54) is 12.8 Å². The van der Waals surface area contributed by atoms with E-state index in [1.54, 1.807) is 6.26 Å². The summed E-state index contributed by atoms with van der Waals surface area (Å²) < 4.78 is 5.42. The minimum atomic E-state index is -0.0432. The van der Waals surface area contributed by atoms with Crippen LogP contribution < -0.4 is 5.32 Å². The molecule has 0 radical (unpaired) electrons. The van der Waals surface area contributed by atoms with Crippen LogP contribution in [0.15, 0.2) is 53.1 Å². The third-order valence-electron chi connectivity index (χ3n) is 3.98. The minimum Gasteiger partial charge on any atom is -0.463 e. The lowest BCUT2D eigenvalue weighted by atomic mass is 10.1. The lowest BCUT2D eigenvalue weighted by Crippen LogP contribution is -2.25. The van der Waals surface area contributed by atoms with Crippen LogP contribution in [-0.4, -0.2) is 17.4 Å². The predicted octanol–water partition coefficient (Wildman–Crippen LogP) is 3.63. The third kappa shape index (κ3) is 2.48. The molecule has 1 aromatic carbocycles. The Morgan fingerprint density at radius 1 is 1.23 bits per heavy atom. The molecule has 0 bridgehead atoms. The van der Waals surface area contributed by atoms with Gasteiger partial charge in [-0.3, -0.25) is 4.79 Å². The Morgan fingerprint density at radius 2 is 2.09 bits per heavy atom. The predicted molar refractivity (Wildman–Crippen MR) is 84.5 cm³/mol. The van der Waals surface area contributed by atoms with Crippen LogP contribution in [0, 0.1) is 5.92 Å². The molecule has 0 unspecified atom stereocenters. The highest BCUT2D eigenvalue weighted by Crippen LogP contribution is 2.28. The van der Waals surface area contributed by atoms with Crippen LogP contribution >= 0.6 is 0 Å². The molecule has 2 aromatic heterocycles. The van der Waals surface area contributed by atoms with Crippen LogP contribution in [0.3, 0.4) is 0 Å². The fourth-order valence-corrected chi connectivity index (χ4v) is 2.57. The molecule has 1 amide bonds. The summed E-state index contributed by atoms with van der Waals surface area (Å²) in [6, 6.07) is 13.2. The molecular formula is C18H16N2O2. The smallest absolute Gasteiger partial charge is 0.252 e. The van der Waals surface area contributed by atoms with Crippen molar-refractivity contribution in [3.05, 3.63) is 54.3 Å². The molecule has 22 heavy (non-hydrogen) atoms. The fourth-order valence-electron chi connectivity index (χ4n) is 2.57. The van der Waals surface area contributed by atoms with Crippen LogP contribution in [0.2, 0.25) is 0 Å².